The molecule has 3 aromatic heterocycles. The molecule has 248 valence electrons. The molecule has 5 rings (SSSR count). The number of pyridine rings is 2. The van der Waals surface area contributed by atoms with Crippen molar-refractivity contribution in [1.82, 2.24) is 30.1 Å². The van der Waals surface area contributed by atoms with Gasteiger partial charge in [0.15, 0.2) is 16.6 Å². The molecule has 0 radical (unpaired) electrons. The first-order valence-electron chi connectivity index (χ1n) is 15.8. The molecular weight excluding hydrogens is 636 g/mol. The van der Waals surface area contributed by atoms with Crippen LogP contribution in [0.1, 0.15) is 54.6 Å². The number of halogens is 1. The first-order chi connectivity index (χ1) is 22.8. The minimum absolute atomic E-state index is 0.144. The predicted octanol–water partition coefficient (Wildman–Crippen LogP) is 6.25. The van der Waals surface area contributed by atoms with Crippen molar-refractivity contribution in [2.45, 2.75) is 53.7 Å². The zero-order valence-corrected chi connectivity index (χ0v) is 28.5. The van der Waals surface area contributed by atoms with Crippen molar-refractivity contribution in [2.24, 2.45) is 0 Å². The summed E-state index contributed by atoms with van der Waals surface area (Å²) in [5, 5.41) is 10.2. The summed E-state index contributed by atoms with van der Waals surface area (Å²) in [6, 6.07) is 15.7. The van der Waals surface area contributed by atoms with Gasteiger partial charge in [0.25, 0.3) is 5.91 Å². The Kier molecular flexibility index (Phi) is 12.1. The largest absolute Gasteiger partial charge is 0.381 e. The number of nitrogens with one attached hydrogen (secondary N) is 3. The normalized spacial score (nSPS) is 14.2. The Labute approximate surface area is 283 Å². The van der Waals surface area contributed by atoms with Crippen molar-refractivity contribution in [3.63, 3.8) is 0 Å². The lowest BCUT2D eigenvalue weighted by Gasteiger charge is -2.33. The highest BCUT2D eigenvalue weighted by Gasteiger charge is 2.23. The number of nitrogens with zero attached hydrogens (tertiary/aromatic N) is 5. The molecule has 4 heterocycles. The SMILES string of the molecule is CCCC(CNC(=O)c1nccc(Sc2cnc(Nc3ccc(NC4CCN(C(=O)CN(C)C)CC4)cn3)s2)c1F)c1ccccc1. The number of carbonyl (C=O) groups excluding carboxylic acids is 2. The Hall–Kier alpha value is -4.07. The quantitative estimate of drug-likeness (QED) is 0.143. The number of carbonyl (C=O) groups is 2. The summed E-state index contributed by atoms with van der Waals surface area (Å²) in [5.74, 6) is -0.233. The van der Waals surface area contributed by atoms with Gasteiger partial charge in [0.05, 0.1) is 33.7 Å². The number of anilines is 3. The molecule has 0 spiro atoms. The summed E-state index contributed by atoms with van der Waals surface area (Å²) in [5.41, 5.74) is 1.84. The van der Waals surface area contributed by atoms with Crippen LogP contribution in [0.3, 0.4) is 0 Å². The molecule has 2 amide bonds. The van der Waals surface area contributed by atoms with E-state index in [1.54, 1.807) is 18.5 Å². The Morgan fingerprint density at radius 2 is 1.85 bits per heavy atom. The van der Waals surface area contributed by atoms with Gasteiger partial charge in [-0.2, -0.15) is 0 Å². The Balaban J connectivity index is 1.12. The monoisotopic (exact) mass is 676 g/mol. The lowest BCUT2D eigenvalue weighted by Crippen LogP contribution is -2.45. The van der Waals surface area contributed by atoms with Gasteiger partial charge in [-0.15, -0.1) is 0 Å². The van der Waals surface area contributed by atoms with E-state index in [1.165, 1.54) is 29.3 Å². The van der Waals surface area contributed by atoms with Gasteiger partial charge >= 0.3 is 0 Å². The molecular formula is C34H41FN8O2S2. The summed E-state index contributed by atoms with van der Waals surface area (Å²) < 4.78 is 16.2. The molecule has 3 N–H and O–H groups in total. The van der Waals surface area contributed by atoms with Gasteiger partial charge in [0.1, 0.15) is 5.82 Å². The van der Waals surface area contributed by atoms with Crippen LogP contribution in [-0.4, -0.2) is 82.9 Å². The lowest BCUT2D eigenvalue weighted by molar-refractivity contribution is -0.132. The van der Waals surface area contributed by atoms with Crippen molar-refractivity contribution >= 4 is 51.5 Å². The first-order valence-corrected chi connectivity index (χ1v) is 17.5. The second kappa shape index (κ2) is 16.7. The van der Waals surface area contributed by atoms with Crippen LogP contribution >= 0.6 is 23.1 Å². The summed E-state index contributed by atoms with van der Waals surface area (Å²) in [6.45, 7) is 4.44. The van der Waals surface area contributed by atoms with Crippen molar-refractivity contribution in [3.8, 4) is 0 Å². The van der Waals surface area contributed by atoms with Crippen LogP contribution in [0, 0.1) is 5.82 Å². The van der Waals surface area contributed by atoms with Crippen LogP contribution < -0.4 is 16.0 Å². The second-order valence-corrected chi connectivity index (χ2v) is 14.1. The van der Waals surface area contributed by atoms with Gasteiger partial charge in [-0.1, -0.05) is 66.8 Å². The molecule has 0 aliphatic carbocycles. The van der Waals surface area contributed by atoms with E-state index in [1.807, 2.05) is 66.4 Å². The second-order valence-electron chi connectivity index (χ2n) is 11.8. The molecule has 1 aliphatic heterocycles. The minimum Gasteiger partial charge on any atom is -0.381 e. The van der Waals surface area contributed by atoms with Crippen LogP contribution in [0.5, 0.6) is 0 Å². The summed E-state index contributed by atoms with van der Waals surface area (Å²) in [6.07, 6.45) is 8.55. The number of likely N-dealkylation sites (tertiary alicyclic amines) is 1. The number of hydrogen-bond donors (Lipinski definition) is 3. The molecule has 47 heavy (non-hydrogen) atoms. The maximum atomic E-state index is 15.5. The highest BCUT2D eigenvalue weighted by molar-refractivity contribution is 8.01. The zero-order valence-electron chi connectivity index (χ0n) is 26.9. The first kappa shape index (κ1) is 34.3. The fourth-order valence-corrected chi connectivity index (χ4v) is 7.31. The van der Waals surface area contributed by atoms with Gasteiger partial charge in [-0.25, -0.2) is 19.3 Å². The Morgan fingerprint density at radius 1 is 1.06 bits per heavy atom. The highest BCUT2D eigenvalue weighted by atomic mass is 32.2. The van der Waals surface area contributed by atoms with E-state index < -0.39 is 11.7 Å². The number of rotatable bonds is 14. The number of benzene rings is 1. The summed E-state index contributed by atoms with van der Waals surface area (Å²) in [7, 11) is 3.81. The van der Waals surface area contributed by atoms with Crippen LogP contribution in [0.4, 0.5) is 21.0 Å². The Morgan fingerprint density at radius 3 is 2.55 bits per heavy atom. The van der Waals surface area contributed by atoms with Crippen molar-refractivity contribution in [2.75, 3.05) is 50.9 Å². The van der Waals surface area contributed by atoms with Crippen LogP contribution in [0.15, 0.2) is 76.2 Å². The lowest BCUT2D eigenvalue weighted by atomic mass is 9.94. The van der Waals surface area contributed by atoms with E-state index in [-0.39, 0.29) is 23.6 Å². The fourth-order valence-electron chi connectivity index (χ4n) is 5.44. The zero-order chi connectivity index (χ0) is 33.2. The van der Waals surface area contributed by atoms with Crippen LogP contribution in [-0.2, 0) is 4.79 Å². The molecule has 13 heteroatoms. The van der Waals surface area contributed by atoms with E-state index in [0.717, 1.165) is 54.2 Å². The number of aromatic nitrogens is 3. The molecule has 1 fully saturated rings. The highest BCUT2D eigenvalue weighted by Crippen LogP contribution is 2.36. The van der Waals surface area contributed by atoms with E-state index in [9.17, 15) is 9.59 Å². The smallest absolute Gasteiger partial charge is 0.272 e. The summed E-state index contributed by atoms with van der Waals surface area (Å²) in [4.78, 5) is 42.4. The van der Waals surface area contributed by atoms with E-state index in [2.05, 4.69) is 37.8 Å². The summed E-state index contributed by atoms with van der Waals surface area (Å²) >= 11 is 2.56. The topological polar surface area (TPSA) is 115 Å². The van der Waals surface area contributed by atoms with Gasteiger partial charge in [0.2, 0.25) is 5.91 Å². The fraction of sp³-hybridized carbons (Fsp3) is 0.382. The third-order valence-corrected chi connectivity index (χ3v) is 9.90. The van der Waals surface area contributed by atoms with Gasteiger partial charge in [0, 0.05) is 37.8 Å². The predicted molar refractivity (Wildman–Crippen MR) is 186 cm³/mol. The van der Waals surface area contributed by atoms with E-state index >= 15 is 4.39 Å². The molecule has 1 saturated heterocycles. The average Bonchev–Trinajstić information content (AvgIpc) is 3.51. The van der Waals surface area contributed by atoms with Crippen molar-refractivity contribution in [3.05, 3.63) is 84.2 Å². The maximum absolute atomic E-state index is 15.5. The van der Waals surface area contributed by atoms with Crippen LogP contribution in [0.25, 0.3) is 0 Å². The number of thiazole rings is 1. The number of likely N-dealkylation sites (N-methyl/N-ethyl adjacent to an activating group) is 1. The third-order valence-electron chi connectivity index (χ3n) is 7.85. The molecule has 0 saturated carbocycles. The maximum Gasteiger partial charge on any atom is 0.272 e. The molecule has 1 atom stereocenters. The van der Waals surface area contributed by atoms with Gasteiger partial charge in [-0.05, 0) is 57.1 Å². The molecule has 1 unspecified atom stereocenters. The third kappa shape index (κ3) is 9.72. The molecule has 10 nitrogen and oxygen atoms in total. The van der Waals surface area contributed by atoms with Crippen molar-refractivity contribution < 1.29 is 14.0 Å². The average molecular weight is 677 g/mol. The Bertz CT molecular complexity index is 1610. The number of hydrogen-bond acceptors (Lipinski definition) is 10. The standard InChI is InChI=1S/C34H41FN8O2S2/c1-4-8-24(23-9-6-5-7-10-23)19-38-33(45)32-31(35)27(13-16-36-32)46-30-21-39-34(47-30)41-28-12-11-26(20-37-28)40-25-14-17-43(18-15-25)29(44)22-42(2)3/h5-7,9-13,16,20-21,24-25,40H,4,8,14-15,17-19,22H2,1-3H3,(H,38,45)(H,37,39,41). The van der Waals surface area contributed by atoms with Crippen molar-refractivity contribution in [1.29, 1.82) is 0 Å². The number of amides is 2. The molecule has 4 aromatic rings. The van der Waals surface area contributed by atoms with E-state index in [4.69, 9.17) is 0 Å². The van der Waals surface area contributed by atoms with E-state index in [0.29, 0.717) is 28.9 Å². The molecule has 1 aliphatic rings. The minimum atomic E-state index is -0.653. The van der Waals surface area contributed by atoms with Crippen LogP contribution in [0.2, 0.25) is 0 Å². The number of piperidine rings is 1. The van der Waals surface area contributed by atoms with Gasteiger partial charge < -0.3 is 25.8 Å². The van der Waals surface area contributed by atoms with Gasteiger partial charge in [-0.3, -0.25) is 9.59 Å². The molecule has 1 aromatic carbocycles. The molecule has 0 bridgehead atoms.